The minimum absolute atomic E-state index is 0.0568. The molecule has 3 rings (SSSR count). The van der Waals surface area contributed by atoms with Crippen molar-refractivity contribution in [1.29, 1.82) is 0 Å². The molecule has 188 valence electrons. The average molecular weight is 483 g/mol. The summed E-state index contributed by atoms with van der Waals surface area (Å²) in [6.45, 7) is 4.23. The van der Waals surface area contributed by atoms with E-state index in [1.807, 2.05) is 56.3 Å². The molecule has 0 fully saturated rings. The maximum absolute atomic E-state index is 13.5. The molecule has 1 aliphatic rings. The molecule has 1 N–H and O–H groups in total. The molecule has 0 saturated heterocycles. The molecule has 0 aliphatic carbocycles. The third-order valence-electron chi connectivity index (χ3n) is 5.66. The molecule has 2 aromatic carbocycles. The van der Waals surface area contributed by atoms with Gasteiger partial charge in [-0.1, -0.05) is 30.3 Å². The van der Waals surface area contributed by atoms with Crippen LogP contribution in [0.25, 0.3) is 0 Å². The first-order chi connectivity index (χ1) is 16.9. The number of nitrogens with one attached hydrogen (secondary N) is 1. The molecule has 0 saturated carbocycles. The number of ether oxygens (including phenoxy) is 3. The Bertz CT molecular complexity index is 1040. The Kier molecular flexibility index (Phi) is 9.08. The summed E-state index contributed by atoms with van der Waals surface area (Å²) in [6, 6.07) is 14.6. The molecule has 35 heavy (non-hydrogen) atoms. The molecule has 0 spiro atoms. The van der Waals surface area contributed by atoms with Crippen molar-refractivity contribution >= 4 is 17.6 Å². The Morgan fingerprint density at radius 3 is 2.49 bits per heavy atom. The second kappa shape index (κ2) is 12.2. The van der Waals surface area contributed by atoms with Gasteiger partial charge in [0.1, 0.15) is 18.0 Å². The summed E-state index contributed by atoms with van der Waals surface area (Å²) in [7, 11) is 4.75. The van der Waals surface area contributed by atoms with E-state index in [0.29, 0.717) is 24.5 Å². The van der Waals surface area contributed by atoms with E-state index in [0.717, 1.165) is 16.8 Å². The molecule has 3 amide bonds. The van der Waals surface area contributed by atoms with Gasteiger partial charge in [0.25, 0.3) is 5.91 Å². The number of amides is 3. The van der Waals surface area contributed by atoms with Gasteiger partial charge in [0.05, 0.1) is 32.6 Å². The smallest absolute Gasteiger partial charge is 0.318 e. The molecular weight excluding hydrogens is 448 g/mol. The average Bonchev–Trinajstić information content (AvgIpc) is 3.31. The number of hydrazone groups is 1. The lowest BCUT2D eigenvalue weighted by Gasteiger charge is -2.27. The SMILES string of the molecule is COCCN(CC(=O)N1N=C(c2ccc(OC)cc2OC)C[C@H]1c1ccccc1)C(=O)NC(C)C. The van der Waals surface area contributed by atoms with E-state index in [1.165, 1.54) is 9.91 Å². The van der Waals surface area contributed by atoms with E-state index in [1.54, 1.807) is 27.4 Å². The summed E-state index contributed by atoms with van der Waals surface area (Å²) in [5.41, 5.74) is 2.47. The van der Waals surface area contributed by atoms with Crippen LogP contribution in [0, 0.1) is 0 Å². The van der Waals surface area contributed by atoms with Crippen molar-refractivity contribution in [1.82, 2.24) is 15.2 Å². The summed E-state index contributed by atoms with van der Waals surface area (Å²) < 4.78 is 16.0. The zero-order chi connectivity index (χ0) is 25.4. The van der Waals surface area contributed by atoms with E-state index in [4.69, 9.17) is 19.3 Å². The zero-order valence-electron chi connectivity index (χ0n) is 21.0. The van der Waals surface area contributed by atoms with Crippen LogP contribution in [-0.4, -0.2) is 74.6 Å². The van der Waals surface area contributed by atoms with Crippen LogP contribution in [0.3, 0.4) is 0 Å². The highest BCUT2D eigenvalue weighted by Gasteiger charge is 2.35. The number of hydrogen-bond acceptors (Lipinski definition) is 6. The van der Waals surface area contributed by atoms with E-state index in [9.17, 15) is 9.59 Å². The van der Waals surface area contributed by atoms with E-state index >= 15 is 0 Å². The Hall–Kier alpha value is -3.59. The van der Waals surface area contributed by atoms with Crippen molar-refractivity contribution in [3.05, 3.63) is 59.7 Å². The Balaban J connectivity index is 1.92. The van der Waals surface area contributed by atoms with Crippen LogP contribution in [0.1, 0.15) is 37.4 Å². The highest BCUT2D eigenvalue weighted by Crippen LogP contribution is 2.36. The summed E-state index contributed by atoms with van der Waals surface area (Å²) >= 11 is 0. The minimum atomic E-state index is -0.318. The number of carbonyl (C=O) groups excluding carboxylic acids is 2. The van der Waals surface area contributed by atoms with Crippen LogP contribution in [0.5, 0.6) is 11.5 Å². The van der Waals surface area contributed by atoms with Gasteiger partial charge in [-0.2, -0.15) is 5.10 Å². The van der Waals surface area contributed by atoms with Crippen molar-refractivity contribution in [2.45, 2.75) is 32.4 Å². The van der Waals surface area contributed by atoms with E-state index < -0.39 is 0 Å². The number of hydrogen-bond donors (Lipinski definition) is 1. The van der Waals surface area contributed by atoms with Gasteiger partial charge >= 0.3 is 6.03 Å². The van der Waals surface area contributed by atoms with Gasteiger partial charge in [-0.3, -0.25) is 4.79 Å². The van der Waals surface area contributed by atoms with Gasteiger partial charge in [0.2, 0.25) is 0 Å². The van der Waals surface area contributed by atoms with Crippen LogP contribution >= 0.6 is 0 Å². The van der Waals surface area contributed by atoms with E-state index in [2.05, 4.69) is 5.32 Å². The molecule has 1 aliphatic heterocycles. The fourth-order valence-electron chi connectivity index (χ4n) is 3.90. The summed E-state index contributed by atoms with van der Waals surface area (Å²) in [6.07, 6.45) is 0.509. The third kappa shape index (κ3) is 6.51. The third-order valence-corrected chi connectivity index (χ3v) is 5.66. The van der Waals surface area contributed by atoms with Crippen LogP contribution in [0.15, 0.2) is 53.6 Å². The fraction of sp³-hybridized carbons (Fsp3) is 0.423. The molecule has 0 aromatic heterocycles. The molecule has 1 heterocycles. The molecule has 9 heteroatoms. The number of carbonyl (C=O) groups is 2. The number of rotatable bonds is 10. The van der Waals surface area contributed by atoms with Gasteiger partial charge in [0, 0.05) is 37.7 Å². The molecule has 2 aromatic rings. The minimum Gasteiger partial charge on any atom is -0.497 e. The largest absolute Gasteiger partial charge is 0.497 e. The first-order valence-electron chi connectivity index (χ1n) is 11.6. The van der Waals surface area contributed by atoms with Crippen molar-refractivity contribution in [2.75, 3.05) is 41.0 Å². The van der Waals surface area contributed by atoms with Crippen molar-refractivity contribution in [3.63, 3.8) is 0 Å². The van der Waals surface area contributed by atoms with Crippen LogP contribution in [-0.2, 0) is 9.53 Å². The monoisotopic (exact) mass is 482 g/mol. The lowest BCUT2D eigenvalue weighted by Crippen LogP contribution is -2.48. The lowest BCUT2D eigenvalue weighted by atomic mass is 9.98. The molecule has 0 unspecified atom stereocenters. The maximum atomic E-state index is 13.5. The molecular formula is C26H34N4O5. The zero-order valence-corrected chi connectivity index (χ0v) is 21.0. The second-order valence-corrected chi connectivity index (χ2v) is 8.50. The predicted molar refractivity (Wildman–Crippen MR) is 134 cm³/mol. The Morgan fingerprint density at radius 2 is 1.86 bits per heavy atom. The first-order valence-corrected chi connectivity index (χ1v) is 11.6. The molecule has 0 radical (unpaired) electrons. The summed E-state index contributed by atoms with van der Waals surface area (Å²) in [5.74, 6) is 1.00. The maximum Gasteiger partial charge on any atom is 0.318 e. The number of methoxy groups -OCH3 is 3. The quantitative estimate of drug-likeness (QED) is 0.560. The van der Waals surface area contributed by atoms with Crippen LogP contribution in [0.2, 0.25) is 0 Å². The lowest BCUT2D eigenvalue weighted by molar-refractivity contribution is -0.133. The number of urea groups is 1. The van der Waals surface area contributed by atoms with Crippen LogP contribution in [0.4, 0.5) is 4.79 Å². The summed E-state index contributed by atoms with van der Waals surface area (Å²) in [4.78, 5) is 27.7. The summed E-state index contributed by atoms with van der Waals surface area (Å²) in [5, 5.41) is 9.05. The van der Waals surface area contributed by atoms with Gasteiger partial charge < -0.3 is 24.4 Å². The number of nitrogens with zero attached hydrogens (tertiary/aromatic N) is 3. The van der Waals surface area contributed by atoms with Crippen molar-refractivity contribution in [2.24, 2.45) is 5.10 Å². The van der Waals surface area contributed by atoms with Gasteiger partial charge in [-0.05, 0) is 31.5 Å². The second-order valence-electron chi connectivity index (χ2n) is 8.50. The topological polar surface area (TPSA) is 92.7 Å². The fourth-order valence-corrected chi connectivity index (χ4v) is 3.90. The molecule has 1 atom stereocenters. The van der Waals surface area contributed by atoms with Gasteiger partial charge in [0.15, 0.2) is 0 Å². The van der Waals surface area contributed by atoms with Crippen molar-refractivity contribution < 1.29 is 23.8 Å². The van der Waals surface area contributed by atoms with E-state index in [-0.39, 0.29) is 37.1 Å². The number of benzene rings is 2. The highest BCUT2D eigenvalue weighted by atomic mass is 16.5. The first kappa shape index (κ1) is 26.0. The highest BCUT2D eigenvalue weighted by molar-refractivity contribution is 6.05. The van der Waals surface area contributed by atoms with Crippen LogP contribution < -0.4 is 14.8 Å². The predicted octanol–water partition coefficient (Wildman–Crippen LogP) is 3.45. The van der Waals surface area contributed by atoms with Crippen molar-refractivity contribution in [3.8, 4) is 11.5 Å². The Morgan fingerprint density at radius 1 is 1.11 bits per heavy atom. The van der Waals surface area contributed by atoms with Gasteiger partial charge in [-0.25, -0.2) is 9.80 Å². The normalized spacial score (nSPS) is 15.1. The Labute approximate surface area is 206 Å². The molecule has 9 nitrogen and oxygen atoms in total. The standard InChI is InChI=1S/C26H34N4O5/c1-18(2)27-26(32)29(13-14-33-3)17-25(31)30-23(19-9-7-6-8-10-19)16-22(28-30)21-12-11-20(34-4)15-24(21)35-5/h6-12,15,18,23H,13-14,16-17H2,1-5H3,(H,27,32)/t23-/m0/s1. The molecule has 0 bridgehead atoms. The van der Waals surface area contributed by atoms with Gasteiger partial charge in [-0.15, -0.1) is 0 Å².